The standard InChI is InChI=1S/C13H17ClFN/c1-8(2)13(16-9-6-7-9)10-4-3-5-11(14)12(10)15/h3-5,8-9,13,16H,6-7H2,1-2H3. The predicted molar refractivity (Wildman–Crippen MR) is 65.1 cm³/mol. The first-order valence-corrected chi connectivity index (χ1v) is 6.17. The molecule has 3 heteroatoms. The number of benzene rings is 1. The molecule has 1 fully saturated rings. The van der Waals surface area contributed by atoms with Crippen LogP contribution < -0.4 is 5.32 Å². The van der Waals surface area contributed by atoms with E-state index < -0.39 is 0 Å². The van der Waals surface area contributed by atoms with Crippen LogP contribution in [0.5, 0.6) is 0 Å². The van der Waals surface area contributed by atoms with Gasteiger partial charge in [-0.1, -0.05) is 37.6 Å². The van der Waals surface area contributed by atoms with Crippen molar-refractivity contribution in [3.05, 3.63) is 34.6 Å². The zero-order valence-electron chi connectivity index (χ0n) is 9.63. The minimum atomic E-state index is -0.281. The van der Waals surface area contributed by atoms with Gasteiger partial charge in [-0.25, -0.2) is 4.39 Å². The molecule has 0 heterocycles. The number of hydrogen-bond acceptors (Lipinski definition) is 1. The first-order valence-electron chi connectivity index (χ1n) is 5.79. The summed E-state index contributed by atoms with van der Waals surface area (Å²) in [6.45, 7) is 4.20. The summed E-state index contributed by atoms with van der Waals surface area (Å²) in [5.41, 5.74) is 0.689. The van der Waals surface area contributed by atoms with Crippen molar-refractivity contribution in [2.75, 3.05) is 0 Å². The van der Waals surface area contributed by atoms with E-state index in [4.69, 9.17) is 11.6 Å². The lowest BCUT2D eigenvalue weighted by molar-refractivity contribution is 0.394. The molecule has 16 heavy (non-hydrogen) atoms. The minimum Gasteiger partial charge on any atom is -0.307 e. The molecule has 2 rings (SSSR count). The van der Waals surface area contributed by atoms with E-state index in [0.29, 0.717) is 17.5 Å². The zero-order chi connectivity index (χ0) is 11.7. The van der Waals surface area contributed by atoms with Gasteiger partial charge < -0.3 is 5.32 Å². The summed E-state index contributed by atoms with van der Waals surface area (Å²) >= 11 is 5.81. The lowest BCUT2D eigenvalue weighted by atomic mass is 9.95. The van der Waals surface area contributed by atoms with Crippen LogP contribution >= 0.6 is 11.6 Å². The summed E-state index contributed by atoms with van der Waals surface area (Å²) in [6.07, 6.45) is 2.40. The molecule has 1 aromatic rings. The smallest absolute Gasteiger partial charge is 0.146 e. The van der Waals surface area contributed by atoms with Crippen LogP contribution in [-0.4, -0.2) is 6.04 Å². The monoisotopic (exact) mass is 241 g/mol. The molecule has 88 valence electrons. The maximum atomic E-state index is 13.9. The van der Waals surface area contributed by atoms with Crippen molar-refractivity contribution < 1.29 is 4.39 Å². The highest BCUT2D eigenvalue weighted by Crippen LogP contribution is 2.31. The molecule has 1 aliphatic rings. The molecule has 0 aliphatic heterocycles. The normalized spacial score (nSPS) is 17.8. The Morgan fingerprint density at radius 2 is 2.06 bits per heavy atom. The molecule has 1 nitrogen and oxygen atoms in total. The second kappa shape index (κ2) is 4.72. The Balaban J connectivity index is 2.26. The molecule has 0 amide bonds. The Hall–Kier alpha value is -0.600. The van der Waals surface area contributed by atoms with E-state index in [-0.39, 0.29) is 16.9 Å². The summed E-state index contributed by atoms with van der Waals surface area (Å²) in [7, 11) is 0. The number of halogens is 2. The highest BCUT2D eigenvalue weighted by Gasteiger charge is 2.28. The van der Waals surface area contributed by atoms with Gasteiger partial charge in [0.1, 0.15) is 5.82 Å². The Labute approximate surface area is 101 Å². The molecule has 1 N–H and O–H groups in total. The number of rotatable bonds is 4. The summed E-state index contributed by atoms with van der Waals surface area (Å²) in [5, 5.41) is 3.69. The van der Waals surface area contributed by atoms with Crippen molar-refractivity contribution in [1.29, 1.82) is 0 Å². The van der Waals surface area contributed by atoms with Gasteiger partial charge in [0.25, 0.3) is 0 Å². The van der Waals surface area contributed by atoms with E-state index in [0.717, 1.165) is 0 Å². The van der Waals surface area contributed by atoms with E-state index in [9.17, 15) is 4.39 Å². The number of nitrogens with one attached hydrogen (secondary N) is 1. The Bertz CT molecular complexity index is 374. The van der Waals surface area contributed by atoms with Crippen molar-refractivity contribution >= 4 is 11.6 Å². The fourth-order valence-electron chi connectivity index (χ4n) is 1.91. The Morgan fingerprint density at radius 1 is 1.38 bits per heavy atom. The molecule has 0 aromatic heterocycles. The van der Waals surface area contributed by atoms with E-state index >= 15 is 0 Å². The van der Waals surface area contributed by atoms with Gasteiger partial charge in [0.2, 0.25) is 0 Å². The maximum Gasteiger partial charge on any atom is 0.146 e. The largest absolute Gasteiger partial charge is 0.307 e. The summed E-state index contributed by atoms with van der Waals surface area (Å²) in [5.74, 6) is 0.0737. The Kier molecular flexibility index (Phi) is 3.50. The molecular formula is C13H17ClFN. The lowest BCUT2D eigenvalue weighted by Crippen LogP contribution is -2.28. The van der Waals surface area contributed by atoms with Crippen molar-refractivity contribution in [2.45, 2.75) is 38.8 Å². The third kappa shape index (κ3) is 2.55. The van der Waals surface area contributed by atoms with Gasteiger partial charge in [0.15, 0.2) is 0 Å². The molecule has 1 aliphatic carbocycles. The van der Waals surface area contributed by atoms with Crippen LogP contribution in [0.4, 0.5) is 4.39 Å². The zero-order valence-corrected chi connectivity index (χ0v) is 10.4. The van der Waals surface area contributed by atoms with Crippen LogP contribution in [-0.2, 0) is 0 Å². The molecule has 1 atom stereocenters. The SMILES string of the molecule is CC(C)C(NC1CC1)c1cccc(Cl)c1F. The van der Waals surface area contributed by atoms with Gasteiger partial charge in [-0.05, 0) is 24.8 Å². The maximum absolute atomic E-state index is 13.9. The molecule has 0 radical (unpaired) electrons. The Morgan fingerprint density at radius 3 is 2.62 bits per heavy atom. The lowest BCUT2D eigenvalue weighted by Gasteiger charge is -2.23. The molecule has 1 saturated carbocycles. The quantitative estimate of drug-likeness (QED) is 0.842. The molecule has 0 saturated heterocycles. The molecular weight excluding hydrogens is 225 g/mol. The van der Waals surface area contributed by atoms with Gasteiger partial charge in [-0.15, -0.1) is 0 Å². The minimum absolute atomic E-state index is 0.0613. The summed E-state index contributed by atoms with van der Waals surface area (Å²) in [4.78, 5) is 0. The number of hydrogen-bond donors (Lipinski definition) is 1. The predicted octanol–water partition coefficient (Wildman–Crippen LogP) is 3.93. The van der Waals surface area contributed by atoms with Crippen LogP contribution in [0, 0.1) is 11.7 Å². The fourth-order valence-corrected chi connectivity index (χ4v) is 2.09. The second-order valence-corrected chi connectivity index (χ2v) is 5.21. The van der Waals surface area contributed by atoms with E-state index in [1.807, 2.05) is 12.1 Å². The van der Waals surface area contributed by atoms with Crippen molar-refractivity contribution in [3.63, 3.8) is 0 Å². The van der Waals surface area contributed by atoms with Crippen molar-refractivity contribution in [2.24, 2.45) is 5.92 Å². The van der Waals surface area contributed by atoms with Crippen molar-refractivity contribution in [3.8, 4) is 0 Å². The van der Waals surface area contributed by atoms with Crippen LogP contribution in [0.15, 0.2) is 18.2 Å². The first kappa shape index (κ1) is 11.9. The van der Waals surface area contributed by atoms with Gasteiger partial charge in [0, 0.05) is 17.6 Å². The summed E-state index contributed by atoms with van der Waals surface area (Å²) < 4.78 is 13.9. The van der Waals surface area contributed by atoms with Gasteiger partial charge in [0.05, 0.1) is 5.02 Å². The first-order chi connectivity index (χ1) is 7.59. The third-order valence-corrected chi connectivity index (χ3v) is 3.27. The summed E-state index contributed by atoms with van der Waals surface area (Å²) in [6, 6.07) is 5.85. The van der Waals surface area contributed by atoms with Gasteiger partial charge in [-0.3, -0.25) is 0 Å². The van der Waals surface area contributed by atoms with E-state index in [1.165, 1.54) is 12.8 Å². The van der Waals surface area contributed by atoms with Gasteiger partial charge in [-0.2, -0.15) is 0 Å². The van der Waals surface area contributed by atoms with E-state index in [2.05, 4.69) is 19.2 Å². The molecule has 0 spiro atoms. The fraction of sp³-hybridized carbons (Fsp3) is 0.538. The van der Waals surface area contributed by atoms with Crippen LogP contribution in [0.2, 0.25) is 5.02 Å². The third-order valence-electron chi connectivity index (χ3n) is 2.98. The average molecular weight is 242 g/mol. The van der Waals surface area contributed by atoms with Crippen LogP contribution in [0.1, 0.15) is 38.3 Å². The average Bonchev–Trinajstić information content (AvgIpc) is 3.03. The van der Waals surface area contributed by atoms with Crippen LogP contribution in [0.3, 0.4) is 0 Å². The highest BCUT2D eigenvalue weighted by atomic mass is 35.5. The highest BCUT2D eigenvalue weighted by molar-refractivity contribution is 6.30. The van der Waals surface area contributed by atoms with E-state index in [1.54, 1.807) is 6.07 Å². The van der Waals surface area contributed by atoms with Crippen LogP contribution in [0.25, 0.3) is 0 Å². The second-order valence-electron chi connectivity index (χ2n) is 4.81. The molecule has 1 aromatic carbocycles. The molecule has 1 unspecified atom stereocenters. The van der Waals surface area contributed by atoms with Crippen molar-refractivity contribution in [1.82, 2.24) is 5.32 Å². The molecule has 0 bridgehead atoms. The topological polar surface area (TPSA) is 12.0 Å². The van der Waals surface area contributed by atoms with Gasteiger partial charge >= 0.3 is 0 Å².